The molecule has 1 heterocycles. The van der Waals surface area contributed by atoms with Crippen LogP contribution in [0.3, 0.4) is 0 Å². The summed E-state index contributed by atoms with van der Waals surface area (Å²) in [6.07, 6.45) is 1.54. The summed E-state index contributed by atoms with van der Waals surface area (Å²) in [5.41, 5.74) is 5.86. The van der Waals surface area contributed by atoms with Crippen LogP contribution in [-0.4, -0.2) is 32.8 Å². The van der Waals surface area contributed by atoms with E-state index in [0.717, 1.165) is 22.5 Å². The van der Waals surface area contributed by atoms with E-state index in [0.29, 0.717) is 17.5 Å². The number of aryl methyl sites for hydroxylation is 2. The number of hydrazone groups is 1. The number of nitrogens with zero attached hydrogens (tertiary/aromatic N) is 4. The Morgan fingerprint density at radius 1 is 1.12 bits per heavy atom. The normalized spacial score (nSPS) is 10.8. The molecule has 2 aromatic carbocycles. The summed E-state index contributed by atoms with van der Waals surface area (Å²) in [5.74, 6) is 0.557. The summed E-state index contributed by atoms with van der Waals surface area (Å²) >= 11 is 1.25. The minimum absolute atomic E-state index is 0.0432. The van der Waals surface area contributed by atoms with E-state index in [1.54, 1.807) is 36.4 Å². The summed E-state index contributed by atoms with van der Waals surface area (Å²) in [7, 11) is 0. The zero-order valence-corrected chi connectivity index (χ0v) is 18.3. The number of nitro groups is 1. The van der Waals surface area contributed by atoms with Crippen LogP contribution in [0.4, 0.5) is 5.69 Å². The fourth-order valence-corrected chi connectivity index (χ4v) is 3.37. The van der Waals surface area contributed by atoms with Crippen LogP contribution in [0.2, 0.25) is 0 Å². The second-order valence-electron chi connectivity index (χ2n) is 6.80. The Morgan fingerprint density at radius 3 is 2.41 bits per heavy atom. The maximum Gasteiger partial charge on any atom is 0.269 e. The first-order valence-corrected chi connectivity index (χ1v) is 10.6. The number of carbonyl (C=O) groups is 1. The number of carbonyl (C=O) groups excluding carboxylic acids is 1. The summed E-state index contributed by atoms with van der Waals surface area (Å²) < 4.78 is 5.68. The summed E-state index contributed by atoms with van der Waals surface area (Å²) in [4.78, 5) is 30.8. The Bertz CT molecular complexity index is 1100. The van der Waals surface area contributed by atoms with Crippen molar-refractivity contribution < 1.29 is 14.5 Å². The van der Waals surface area contributed by atoms with E-state index in [2.05, 4.69) is 20.5 Å². The number of thioether (sulfide) groups is 1. The quantitative estimate of drug-likeness (QED) is 0.173. The molecule has 32 heavy (non-hydrogen) atoms. The first-order valence-electron chi connectivity index (χ1n) is 9.62. The lowest BCUT2D eigenvalue weighted by atomic mass is 10.2. The third-order valence-corrected chi connectivity index (χ3v) is 4.98. The minimum atomic E-state index is -0.439. The first kappa shape index (κ1) is 22.9. The van der Waals surface area contributed by atoms with E-state index < -0.39 is 4.92 Å². The molecule has 3 rings (SSSR count). The number of hydrogen-bond acceptors (Lipinski definition) is 8. The van der Waals surface area contributed by atoms with Gasteiger partial charge in [0.25, 0.3) is 11.6 Å². The highest BCUT2D eigenvalue weighted by atomic mass is 32.2. The zero-order valence-electron chi connectivity index (χ0n) is 17.5. The first-order chi connectivity index (χ1) is 15.4. The topological polar surface area (TPSA) is 120 Å². The monoisotopic (exact) mass is 451 g/mol. The number of amides is 1. The fourth-order valence-electron chi connectivity index (χ4n) is 2.63. The van der Waals surface area contributed by atoms with Gasteiger partial charge in [0, 0.05) is 23.5 Å². The molecule has 3 aromatic rings. The molecule has 1 amide bonds. The van der Waals surface area contributed by atoms with E-state index in [-0.39, 0.29) is 17.3 Å². The average molecular weight is 452 g/mol. The largest absolute Gasteiger partial charge is 0.489 e. The lowest BCUT2D eigenvalue weighted by Gasteiger charge is -2.06. The van der Waals surface area contributed by atoms with Crippen molar-refractivity contribution in [1.29, 1.82) is 0 Å². The van der Waals surface area contributed by atoms with Gasteiger partial charge < -0.3 is 4.74 Å². The predicted octanol–water partition coefficient (Wildman–Crippen LogP) is 3.82. The van der Waals surface area contributed by atoms with Crippen LogP contribution in [0.15, 0.2) is 64.9 Å². The van der Waals surface area contributed by atoms with Crippen molar-refractivity contribution >= 4 is 29.6 Å². The number of ether oxygens (including phenoxy) is 1. The van der Waals surface area contributed by atoms with Crippen molar-refractivity contribution in [3.8, 4) is 5.75 Å². The second kappa shape index (κ2) is 11.0. The lowest BCUT2D eigenvalue weighted by Crippen LogP contribution is -2.19. The Hall–Kier alpha value is -3.79. The molecule has 0 fully saturated rings. The van der Waals surface area contributed by atoms with E-state index in [4.69, 9.17) is 4.74 Å². The van der Waals surface area contributed by atoms with Crippen LogP contribution < -0.4 is 10.2 Å². The predicted molar refractivity (Wildman–Crippen MR) is 122 cm³/mol. The van der Waals surface area contributed by atoms with Crippen LogP contribution in [0.25, 0.3) is 0 Å². The highest BCUT2D eigenvalue weighted by molar-refractivity contribution is 7.99. The molecule has 0 aliphatic heterocycles. The van der Waals surface area contributed by atoms with Crippen molar-refractivity contribution in [2.24, 2.45) is 5.10 Å². The van der Waals surface area contributed by atoms with Gasteiger partial charge >= 0.3 is 0 Å². The van der Waals surface area contributed by atoms with Gasteiger partial charge in [0.15, 0.2) is 5.16 Å². The van der Waals surface area contributed by atoms with Crippen molar-refractivity contribution in [3.63, 3.8) is 0 Å². The maximum atomic E-state index is 12.0. The standard InChI is InChI=1S/C22H21N5O4S/c1-15-11-16(2)25-22(24-15)32-14-21(28)26-23-12-17-5-9-20(10-6-17)31-13-18-3-7-19(8-4-18)27(29)30/h3-12H,13-14H2,1-2H3,(H,26,28). The molecule has 0 aliphatic rings. The van der Waals surface area contributed by atoms with E-state index in [9.17, 15) is 14.9 Å². The molecule has 0 bridgehead atoms. The van der Waals surface area contributed by atoms with Crippen molar-refractivity contribution in [2.75, 3.05) is 5.75 Å². The van der Waals surface area contributed by atoms with Crippen LogP contribution in [0.1, 0.15) is 22.5 Å². The molecule has 0 aliphatic carbocycles. The van der Waals surface area contributed by atoms with Gasteiger partial charge in [-0.05, 0) is 67.4 Å². The van der Waals surface area contributed by atoms with Gasteiger partial charge in [0.2, 0.25) is 0 Å². The lowest BCUT2D eigenvalue weighted by molar-refractivity contribution is -0.384. The van der Waals surface area contributed by atoms with Crippen LogP contribution in [-0.2, 0) is 11.4 Å². The van der Waals surface area contributed by atoms with Gasteiger partial charge in [-0.1, -0.05) is 11.8 Å². The molecule has 1 aromatic heterocycles. The minimum Gasteiger partial charge on any atom is -0.489 e. The zero-order chi connectivity index (χ0) is 22.9. The van der Waals surface area contributed by atoms with Crippen molar-refractivity contribution in [2.45, 2.75) is 25.6 Å². The third kappa shape index (κ3) is 7.17. The number of rotatable bonds is 9. The smallest absolute Gasteiger partial charge is 0.269 e. The van der Waals surface area contributed by atoms with E-state index in [1.807, 2.05) is 19.9 Å². The van der Waals surface area contributed by atoms with Gasteiger partial charge in [0.1, 0.15) is 12.4 Å². The molecule has 1 N–H and O–H groups in total. The highest BCUT2D eigenvalue weighted by Crippen LogP contribution is 2.16. The van der Waals surface area contributed by atoms with Gasteiger partial charge in [-0.15, -0.1) is 0 Å². The summed E-state index contributed by atoms with van der Waals surface area (Å²) in [6.45, 7) is 4.06. The number of non-ortho nitro benzene ring substituents is 1. The Morgan fingerprint density at radius 2 is 1.78 bits per heavy atom. The molecule has 9 nitrogen and oxygen atoms in total. The third-order valence-electron chi connectivity index (χ3n) is 4.13. The molecule has 0 radical (unpaired) electrons. The van der Waals surface area contributed by atoms with Crippen molar-refractivity contribution in [1.82, 2.24) is 15.4 Å². The molecule has 0 unspecified atom stereocenters. The van der Waals surface area contributed by atoms with Crippen LogP contribution in [0.5, 0.6) is 5.75 Å². The molecule has 0 atom stereocenters. The van der Waals surface area contributed by atoms with Gasteiger partial charge in [-0.2, -0.15) is 5.10 Å². The molecule has 0 saturated heterocycles. The van der Waals surface area contributed by atoms with Crippen molar-refractivity contribution in [3.05, 3.63) is 87.2 Å². The van der Waals surface area contributed by atoms with Gasteiger partial charge in [-0.25, -0.2) is 15.4 Å². The Labute approximate surface area is 189 Å². The molecule has 0 saturated carbocycles. The molecule has 0 spiro atoms. The molecule has 10 heteroatoms. The Balaban J connectivity index is 1.43. The second-order valence-corrected chi connectivity index (χ2v) is 7.74. The van der Waals surface area contributed by atoms with Crippen LogP contribution >= 0.6 is 11.8 Å². The average Bonchev–Trinajstić information content (AvgIpc) is 2.77. The fraction of sp³-hybridized carbons (Fsp3) is 0.182. The molecular formula is C22H21N5O4S. The SMILES string of the molecule is Cc1cc(C)nc(SCC(=O)NN=Cc2ccc(OCc3ccc([N+](=O)[O-])cc3)cc2)n1. The number of benzene rings is 2. The molecule has 164 valence electrons. The van der Waals surface area contributed by atoms with Crippen LogP contribution in [0, 0.1) is 24.0 Å². The number of aromatic nitrogens is 2. The maximum absolute atomic E-state index is 12.0. The van der Waals surface area contributed by atoms with E-state index in [1.165, 1.54) is 30.1 Å². The van der Waals surface area contributed by atoms with Gasteiger partial charge in [-0.3, -0.25) is 14.9 Å². The highest BCUT2D eigenvalue weighted by Gasteiger charge is 2.06. The molecular weight excluding hydrogens is 430 g/mol. The summed E-state index contributed by atoms with van der Waals surface area (Å²) in [5, 5.41) is 15.2. The number of nitrogens with one attached hydrogen (secondary N) is 1. The van der Waals surface area contributed by atoms with Gasteiger partial charge in [0.05, 0.1) is 16.9 Å². The Kier molecular flexibility index (Phi) is 7.87. The number of hydrogen-bond donors (Lipinski definition) is 1. The summed E-state index contributed by atoms with van der Waals surface area (Å²) in [6, 6.07) is 15.3. The van der Waals surface area contributed by atoms with E-state index >= 15 is 0 Å². The number of nitro benzene ring substituents is 1.